The van der Waals surface area contributed by atoms with Gasteiger partial charge in [-0.05, 0) is 13.0 Å². The fraction of sp³-hybridized carbons (Fsp3) is 0.286. The van der Waals surface area contributed by atoms with Crippen LogP contribution in [-0.4, -0.2) is 37.6 Å². The lowest BCUT2D eigenvalue weighted by atomic mass is 10.0. The molecular weight excluding hydrogens is 278 g/mol. The zero-order valence-electron chi connectivity index (χ0n) is 12.1. The van der Waals surface area contributed by atoms with Gasteiger partial charge in [0.15, 0.2) is 11.5 Å². The third-order valence-electron chi connectivity index (χ3n) is 3.04. The van der Waals surface area contributed by atoms with Crippen LogP contribution in [0.15, 0.2) is 16.7 Å². The Morgan fingerprint density at radius 2 is 1.67 bits per heavy atom. The molecule has 21 heavy (non-hydrogen) atoms. The van der Waals surface area contributed by atoms with E-state index in [-0.39, 0.29) is 17.0 Å². The maximum absolute atomic E-state index is 11.4. The van der Waals surface area contributed by atoms with Crippen LogP contribution in [0.2, 0.25) is 0 Å². The predicted molar refractivity (Wildman–Crippen MR) is 73.3 cm³/mol. The van der Waals surface area contributed by atoms with E-state index in [0.29, 0.717) is 22.8 Å². The quantitative estimate of drug-likeness (QED) is 0.904. The monoisotopic (exact) mass is 293 g/mol. The minimum atomic E-state index is -1.12. The molecule has 0 aliphatic heterocycles. The van der Waals surface area contributed by atoms with E-state index in [1.54, 1.807) is 12.1 Å². The first-order valence-corrected chi connectivity index (χ1v) is 6.03. The number of methoxy groups -OCH3 is 3. The first-order chi connectivity index (χ1) is 10.0. The van der Waals surface area contributed by atoms with E-state index >= 15 is 0 Å². The summed E-state index contributed by atoms with van der Waals surface area (Å²) in [5.41, 5.74) is 0.614. The molecule has 7 heteroatoms. The van der Waals surface area contributed by atoms with Gasteiger partial charge in [0, 0.05) is 6.07 Å². The second-order valence-corrected chi connectivity index (χ2v) is 4.17. The van der Waals surface area contributed by atoms with Crippen LogP contribution in [0.3, 0.4) is 0 Å². The molecule has 0 saturated heterocycles. The highest BCUT2D eigenvalue weighted by atomic mass is 16.5. The number of rotatable bonds is 5. The highest BCUT2D eigenvalue weighted by Crippen LogP contribution is 2.41. The summed E-state index contributed by atoms with van der Waals surface area (Å²) in [6.07, 6.45) is 0. The van der Waals surface area contributed by atoms with E-state index in [2.05, 4.69) is 5.16 Å². The number of aromatic nitrogens is 1. The van der Waals surface area contributed by atoms with Gasteiger partial charge in [-0.3, -0.25) is 0 Å². The van der Waals surface area contributed by atoms with Crippen LogP contribution in [0.5, 0.6) is 17.2 Å². The van der Waals surface area contributed by atoms with Gasteiger partial charge >= 0.3 is 5.97 Å². The van der Waals surface area contributed by atoms with Gasteiger partial charge in [-0.2, -0.15) is 0 Å². The fourth-order valence-corrected chi connectivity index (χ4v) is 2.02. The molecule has 0 bridgehead atoms. The van der Waals surface area contributed by atoms with Crippen LogP contribution in [0.1, 0.15) is 16.1 Å². The maximum Gasteiger partial charge on any atom is 0.341 e. The maximum atomic E-state index is 11.4. The molecule has 1 N–H and O–H groups in total. The Labute approximate surface area is 121 Å². The van der Waals surface area contributed by atoms with Gasteiger partial charge in [-0.1, -0.05) is 5.16 Å². The molecule has 0 amide bonds. The summed E-state index contributed by atoms with van der Waals surface area (Å²) in [4.78, 5) is 11.4. The van der Waals surface area contributed by atoms with E-state index in [0.717, 1.165) is 0 Å². The van der Waals surface area contributed by atoms with Crippen LogP contribution in [0.25, 0.3) is 11.3 Å². The minimum Gasteiger partial charge on any atom is -0.496 e. The Kier molecular flexibility index (Phi) is 4.02. The highest BCUT2D eigenvalue weighted by Gasteiger charge is 2.25. The Balaban J connectivity index is 2.71. The van der Waals surface area contributed by atoms with Gasteiger partial charge in [-0.25, -0.2) is 4.79 Å². The molecule has 1 aromatic heterocycles. The molecule has 0 radical (unpaired) electrons. The Bertz CT molecular complexity index is 676. The third-order valence-corrected chi connectivity index (χ3v) is 3.04. The van der Waals surface area contributed by atoms with Gasteiger partial charge in [0.05, 0.1) is 26.9 Å². The van der Waals surface area contributed by atoms with Crippen molar-refractivity contribution in [2.24, 2.45) is 0 Å². The van der Waals surface area contributed by atoms with E-state index in [9.17, 15) is 9.90 Å². The summed E-state index contributed by atoms with van der Waals surface area (Å²) in [5.74, 6) is 0.402. The van der Waals surface area contributed by atoms with E-state index in [1.165, 1.54) is 28.3 Å². The van der Waals surface area contributed by atoms with E-state index < -0.39 is 5.97 Å². The number of carboxylic acid groups (broad SMARTS) is 1. The summed E-state index contributed by atoms with van der Waals surface area (Å²) < 4.78 is 20.7. The SMILES string of the molecule is COc1cc(OC)c(-c2noc(C)c2C(=O)O)cc1OC. The number of aromatic carboxylic acids is 1. The molecule has 0 atom stereocenters. The summed E-state index contributed by atoms with van der Waals surface area (Å²) in [7, 11) is 4.46. The lowest BCUT2D eigenvalue weighted by Gasteiger charge is -2.13. The summed E-state index contributed by atoms with van der Waals surface area (Å²) in [6, 6.07) is 3.20. The predicted octanol–water partition coefficient (Wildman–Crippen LogP) is 2.37. The number of ether oxygens (including phenoxy) is 3. The molecule has 112 valence electrons. The van der Waals surface area contributed by atoms with Crippen LogP contribution >= 0.6 is 0 Å². The van der Waals surface area contributed by atoms with Gasteiger partial charge in [-0.15, -0.1) is 0 Å². The lowest BCUT2D eigenvalue weighted by Crippen LogP contribution is -2.01. The zero-order chi connectivity index (χ0) is 15.6. The van der Waals surface area contributed by atoms with Crippen molar-refractivity contribution in [3.8, 4) is 28.5 Å². The van der Waals surface area contributed by atoms with Gasteiger partial charge in [0.2, 0.25) is 0 Å². The number of hydrogen-bond acceptors (Lipinski definition) is 6. The zero-order valence-corrected chi connectivity index (χ0v) is 12.1. The van der Waals surface area contributed by atoms with Crippen LogP contribution < -0.4 is 14.2 Å². The average Bonchev–Trinajstić information content (AvgIpc) is 2.87. The highest BCUT2D eigenvalue weighted by molar-refractivity contribution is 5.96. The molecule has 2 aromatic rings. The summed E-state index contributed by atoms with van der Waals surface area (Å²) >= 11 is 0. The third kappa shape index (κ3) is 2.49. The molecule has 0 spiro atoms. The number of hydrogen-bond donors (Lipinski definition) is 1. The molecule has 0 unspecified atom stereocenters. The number of benzene rings is 1. The first kappa shape index (κ1) is 14.7. The molecule has 0 fully saturated rings. The van der Waals surface area contributed by atoms with Gasteiger partial charge < -0.3 is 23.8 Å². The molecule has 7 nitrogen and oxygen atoms in total. The molecular formula is C14H15NO6. The topological polar surface area (TPSA) is 91.0 Å². The standard InChI is InChI=1S/C14H15NO6/c1-7-12(14(16)17)13(15-21-7)8-5-10(19-3)11(20-4)6-9(8)18-2/h5-6H,1-4H3,(H,16,17). The molecule has 2 rings (SSSR count). The number of nitrogens with zero attached hydrogens (tertiary/aromatic N) is 1. The average molecular weight is 293 g/mol. The molecule has 0 aliphatic carbocycles. The van der Waals surface area contributed by atoms with Crippen molar-refractivity contribution in [1.82, 2.24) is 5.16 Å². The lowest BCUT2D eigenvalue weighted by molar-refractivity contribution is 0.0695. The smallest absolute Gasteiger partial charge is 0.341 e. The van der Waals surface area contributed by atoms with Crippen molar-refractivity contribution in [1.29, 1.82) is 0 Å². The molecule has 0 saturated carbocycles. The first-order valence-electron chi connectivity index (χ1n) is 6.03. The Morgan fingerprint density at radius 1 is 1.10 bits per heavy atom. The molecule has 1 heterocycles. The van der Waals surface area contributed by atoms with Crippen molar-refractivity contribution in [2.45, 2.75) is 6.92 Å². The molecule has 1 aromatic carbocycles. The van der Waals surface area contributed by atoms with Crippen molar-refractivity contribution in [3.63, 3.8) is 0 Å². The Morgan fingerprint density at radius 3 is 2.19 bits per heavy atom. The normalized spacial score (nSPS) is 10.3. The fourth-order valence-electron chi connectivity index (χ4n) is 2.02. The van der Waals surface area contributed by atoms with Crippen molar-refractivity contribution >= 4 is 5.97 Å². The number of carbonyl (C=O) groups is 1. The Hall–Kier alpha value is -2.70. The van der Waals surface area contributed by atoms with Gasteiger partial charge in [0.1, 0.15) is 22.8 Å². The van der Waals surface area contributed by atoms with Gasteiger partial charge in [0.25, 0.3) is 0 Å². The number of aryl methyl sites for hydroxylation is 1. The molecule has 0 aliphatic rings. The van der Waals surface area contributed by atoms with Crippen LogP contribution in [0, 0.1) is 6.92 Å². The second kappa shape index (κ2) is 5.74. The summed E-state index contributed by atoms with van der Waals surface area (Å²) in [5, 5.41) is 13.1. The van der Waals surface area contributed by atoms with Crippen LogP contribution in [0.4, 0.5) is 0 Å². The van der Waals surface area contributed by atoms with Crippen molar-refractivity contribution in [3.05, 3.63) is 23.5 Å². The largest absolute Gasteiger partial charge is 0.496 e. The van der Waals surface area contributed by atoms with E-state index in [1.807, 2.05) is 0 Å². The van der Waals surface area contributed by atoms with E-state index in [4.69, 9.17) is 18.7 Å². The van der Waals surface area contributed by atoms with Crippen molar-refractivity contribution < 1.29 is 28.6 Å². The number of carboxylic acids is 1. The van der Waals surface area contributed by atoms with Crippen LogP contribution in [-0.2, 0) is 0 Å². The second-order valence-electron chi connectivity index (χ2n) is 4.17. The van der Waals surface area contributed by atoms with Crippen molar-refractivity contribution in [2.75, 3.05) is 21.3 Å². The summed E-state index contributed by atoms with van der Waals surface area (Å²) in [6.45, 7) is 1.53. The minimum absolute atomic E-state index is 0.0134.